The van der Waals surface area contributed by atoms with Crippen molar-refractivity contribution < 1.29 is 18.7 Å². The average Bonchev–Trinajstić information content (AvgIpc) is 2.45. The van der Waals surface area contributed by atoms with Crippen LogP contribution in [0.2, 0.25) is 5.15 Å². The molecule has 1 atom stereocenters. The standard InChI is InChI=1S/C17H16ClFN2O3/c1-9-7-10(2)20-15(18)14(9)17(23)24-11(3)16(22)21-13-6-4-5-12(19)8-13/h4-8,11H,1-3H3,(H,21,22)/t11-/m0/s1. The number of carbonyl (C=O) groups excluding carboxylic acids is 2. The summed E-state index contributed by atoms with van der Waals surface area (Å²) in [6, 6.07) is 7.11. The Balaban J connectivity index is 2.07. The predicted octanol–water partition coefficient (Wildman–Crippen LogP) is 3.67. The molecule has 0 radical (unpaired) electrons. The Morgan fingerprint density at radius 2 is 2.00 bits per heavy atom. The van der Waals surface area contributed by atoms with Gasteiger partial charge in [-0.15, -0.1) is 0 Å². The monoisotopic (exact) mass is 350 g/mol. The van der Waals surface area contributed by atoms with Gasteiger partial charge in [0, 0.05) is 11.4 Å². The van der Waals surface area contributed by atoms with Crippen LogP contribution in [0.3, 0.4) is 0 Å². The molecule has 0 fully saturated rings. The van der Waals surface area contributed by atoms with Crippen molar-refractivity contribution in [3.8, 4) is 0 Å². The Morgan fingerprint density at radius 3 is 2.62 bits per heavy atom. The van der Waals surface area contributed by atoms with Crippen LogP contribution in [0.5, 0.6) is 0 Å². The molecule has 2 aromatic rings. The van der Waals surface area contributed by atoms with Crippen molar-refractivity contribution in [2.75, 3.05) is 5.32 Å². The highest BCUT2D eigenvalue weighted by Crippen LogP contribution is 2.20. The molecule has 0 spiro atoms. The van der Waals surface area contributed by atoms with Crippen LogP contribution in [0.25, 0.3) is 0 Å². The fourth-order valence-corrected chi connectivity index (χ4v) is 2.48. The Bertz CT molecular complexity index is 772. The number of amides is 1. The van der Waals surface area contributed by atoms with Gasteiger partial charge >= 0.3 is 5.97 Å². The van der Waals surface area contributed by atoms with E-state index in [-0.39, 0.29) is 16.4 Å². The molecule has 1 aromatic heterocycles. The summed E-state index contributed by atoms with van der Waals surface area (Å²) in [5.41, 5.74) is 1.67. The fraction of sp³-hybridized carbons (Fsp3) is 0.235. The minimum Gasteiger partial charge on any atom is -0.449 e. The molecule has 0 saturated carbocycles. The van der Waals surface area contributed by atoms with Crippen molar-refractivity contribution in [3.05, 3.63) is 58.1 Å². The zero-order chi connectivity index (χ0) is 17.9. The molecule has 2 rings (SSSR count). The first-order valence-corrected chi connectivity index (χ1v) is 7.57. The lowest BCUT2D eigenvalue weighted by Gasteiger charge is -2.15. The highest BCUT2D eigenvalue weighted by molar-refractivity contribution is 6.32. The first-order chi connectivity index (χ1) is 11.3. The molecule has 1 heterocycles. The minimum absolute atomic E-state index is 0.0234. The van der Waals surface area contributed by atoms with Gasteiger partial charge in [0.1, 0.15) is 11.0 Å². The number of halogens is 2. The number of benzene rings is 1. The number of aromatic nitrogens is 1. The number of ether oxygens (including phenoxy) is 1. The van der Waals surface area contributed by atoms with Gasteiger partial charge in [-0.3, -0.25) is 4.79 Å². The number of rotatable bonds is 4. The van der Waals surface area contributed by atoms with Crippen molar-refractivity contribution in [1.29, 1.82) is 0 Å². The highest BCUT2D eigenvalue weighted by Gasteiger charge is 2.23. The van der Waals surface area contributed by atoms with Crippen LogP contribution in [-0.2, 0) is 9.53 Å². The lowest BCUT2D eigenvalue weighted by atomic mass is 10.1. The van der Waals surface area contributed by atoms with Crippen LogP contribution in [0.4, 0.5) is 10.1 Å². The average molecular weight is 351 g/mol. The quantitative estimate of drug-likeness (QED) is 0.674. The third kappa shape index (κ3) is 4.29. The summed E-state index contributed by atoms with van der Waals surface area (Å²) in [4.78, 5) is 28.3. The molecule has 7 heteroatoms. The lowest BCUT2D eigenvalue weighted by molar-refractivity contribution is -0.123. The first kappa shape index (κ1) is 17.9. The summed E-state index contributed by atoms with van der Waals surface area (Å²) >= 11 is 5.99. The van der Waals surface area contributed by atoms with Crippen molar-refractivity contribution in [3.63, 3.8) is 0 Å². The van der Waals surface area contributed by atoms with E-state index in [2.05, 4.69) is 10.3 Å². The van der Waals surface area contributed by atoms with E-state index < -0.39 is 23.8 Å². The molecule has 1 N–H and O–H groups in total. The van der Waals surface area contributed by atoms with Crippen LogP contribution in [0.1, 0.15) is 28.5 Å². The predicted molar refractivity (Wildman–Crippen MR) is 88.6 cm³/mol. The molecule has 1 aromatic carbocycles. The van der Waals surface area contributed by atoms with Crippen molar-refractivity contribution in [2.24, 2.45) is 0 Å². The number of nitrogens with zero attached hydrogens (tertiary/aromatic N) is 1. The van der Waals surface area contributed by atoms with Crippen molar-refractivity contribution in [1.82, 2.24) is 4.98 Å². The van der Waals surface area contributed by atoms with E-state index in [1.165, 1.54) is 25.1 Å². The maximum atomic E-state index is 13.1. The van der Waals surface area contributed by atoms with Gasteiger partial charge in [-0.2, -0.15) is 0 Å². The molecule has 0 saturated heterocycles. The number of pyridine rings is 1. The third-order valence-electron chi connectivity index (χ3n) is 3.25. The van der Waals surface area contributed by atoms with Gasteiger partial charge in [0.2, 0.25) is 0 Å². The van der Waals surface area contributed by atoms with E-state index in [0.29, 0.717) is 11.3 Å². The van der Waals surface area contributed by atoms with E-state index in [9.17, 15) is 14.0 Å². The second-order valence-electron chi connectivity index (χ2n) is 5.29. The Morgan fingerprint density at radius 1 is 1.29 bits per heavy atom. The van der Waals surface area contributed by atoms with Gasteiger partial charge < -0.3 is 10.1 Å². The summed E-state index contributed by atoms with van der Waals surface area (Å²) in [6.45, 7) is 4.87. The fourth-order valence-electron chi connectivity index (χ4n) is 2.12. The van der Waals surface area contributed by atoms with E-state index >= 15 is 0 Å². The van der Waals surface area contributed by atoms with Gasteiger partial charge in [0.25, 0.3) is 5.91 Å². The van der Waals surface area contributed by atoms with Crippen LogP contribution in [-0.4, -0.2) is 23.0 Å². The van der Waals surface area contributed by atoms with Crippen LogP contribution in [0, 0.1) is 19.7 Å². The van der Waals surface area contributed by atoms with Crippen molar-refractivity contribution in [2.45, 2.75) is 26.9 Å². The van der Waals surface area contributed by atoms with Gasteiger partial charge in [0.15, 0.2) is 6.10 Å². The number of anilines is 1. The van der Waals surface area contributed by atoms with E-state index in [1.807, 2.05) is 0 Å². The largest absolute Gasteiger partial charge is 0.449 e. The zero-order valence-corrected chi connectivity index (χ0v) is 14.1. The summed E-state index contributed by atoms with van der Waals surface area (Å²) in [6.07, 6.45) is -1.09. The maximum Gasteiger partial charge on any atom is 0.342 e. The molecule has 24 heavy (non-hydrogen) atoms. The molecule has 5 nitrogen and oxygen atoms in total. The SMILES string of the molecule is Cc1cc(C)c(C(=O)O[C@@H](C)C(=O)Nc2cccc(F)c2)c(Cl)n1. The normalized spacial score (nSPS) is 11.7. The smallest absolute Gasteiger partial charge is 0.342 e. The van der Waals surface area contributed by atoms with Gasteiger partial charge in [-0.05, 0) is 50.6 Å². The summed E-state index contributed by atoms with van der Waals surface area (Å²) in [7, 11) is 0. The zero-order valence-electron chi connectivity index (χ0n) is 13.4. The van der Waals surface area contributed by atoms with E-state index in [4.69, 9.17) is 16.3 Å². The summed E-state index contributed by atoms with van der Waals surface area (Å²) in [5.74, 6) is -1.81. The lowest BCUT2D eigenvalue weighted by Crippen LogP contribution is -2.30. The molecule has 0 aliphatic heterocycles. The molecule has 126 valence electrons. The third-order valence-corrected chi connectivity index (χ3v) is 3.52. The van der Waals surface area contributed by atoms with Crippen molar-refractivity contribution >= 4 is 29.2 Å². The minimum atomic E-state index is -1.09. The van der Waals surface area contributed by atoms with E-state index in [0.717, 1.165) is 6.07 Å². The number of nitrogens with one attached hydrogen (secondary N) is 1. The first-order valence-electron chi connectivity index (χ1n) is 7.19. The Kier molecular flexibility index (Phi) is 5.51. The Hall–Kier alpha value is -2.47. The number of aryl methyl sites for hydroxylation is 2. The summed E-state index contributed by atoms with van der Waals surface area (Å²) < 4.78 is 18.2. The Labute approximate surface area is 143 Å². The summed E-state index contributed by atoms with van der Waals surface area (Å²) in [5, 5.41) is 2.50. The van der Waals surface area contributed by atoms with Gasteiger partial charge in [0.05, 0.1) is 5.56 Å². The van der Waals surface area contributed by atoms with Crippen LogP contribution >= 0.6 is 11.6 Å². The number of esters is 1. The molecule has 0 aliphatic rings. The van der Waals surface area contributed by atoms with Crippen LogP contribution in [0.15, 0.2) is 30.3 Å². The van der Waals surface area contributed by atoms with E-state index in [1.54, 1.807) is 19.9 Å². The van der Waals surface area contributed by atoms with Gasteiger partial charge in [-0.1, -0.05) is 17.7 Å². The number of hydrogen-bond donors (Lipinski definition) is 1. The molecular formula is C17H16ClFN2O3. The molecule has 0 unspecified atom stereocenters. The van der Waals surface area contributed by atoms with Crippen LogP contribution < -0.4 is 5.32 Å². The number of hydrogen-bond acceptors (Lipinski definition) is 4. The molecule has 0 bridgehead atoms. The molecular weight excluding hydrogens is 335 g/mol. The van der Waals surface area contributed by atoms with Gasteiger partial charge in [-0.25, -0.2) is 14.2 Å². The second-order valence-corrected chi connectivity index (χ2v) is 5.65. The number of carbonyl (C=O) groups is 2. The molecule has 0 aliphatic carbocycles. The highest BCUT2D eigenvalue weighted by atomic mass is 35.5. The maximum absolute atomic E-state index is 13.1. The topological polar surface area (TPSA) is 68.3 Å². The molecule has 1 amide bonds. The second kappa shape index (κ2) is 7.40.